The van der Waals surface area contributed by atoms with Crippen LogP contribution in [0.2, 0.25) is 26.2 Å². The molecule has 0 aliphatic carbocycles. The molecule has 0 saturated carbocycles. The Morgan fingerprint density at radius 2 is 0.864 bits per heavy atom. The lowest BCUT2D eigenvalue weighted by Gasteiger charge is -2.42. The Kier molecular flexibility index (Phi) is 6.45. The van der Waals surface area contributed by atoms with E-state index in [1.165, 1.54) is 0 Å². The number of hydrogen-bond acceptors (Lipinski definition) is 6. The molecule has 0 amide bonds. The van der Waals surface area contributed by atoms with E-state index in [0.29, 0.717) is 0 Å². The third-order valence-corrected chi connectivity index (χ3v) is 14.8. The van der Waals surface area contributed by atoms with Gasteiger partial charge in [-0.25, -0.2) is 0 Å². The summed E-state index contributed by atoms with van der Waals surface area (Å²) in [5.41, 5.74) is -0.680. The van der Waals surface area contributed by atoms with Gasteiger partial charge < -0.3 is 25.3 Å². The van der Waals surface area contributed by atoms with Crippen LogP contribution in [0.4, 0.5) is 0 Å². The van der Waals surface area contributed by atoms with Crippen molar-refractivity contribution >= 4 is 36.2 Å². The summed E-state index contributed by atoms with van der Waals surface area (Å²) < 4.78 is 36.6. The quantitative estimate of drug-likeness (QED) is 0.684. The summed E-state index contributed by atoms with van der Waals surface area (Å²) >= 11 is 0. The van der Waals surface area contributed by atoms with Gasteiger partial charge in [-0.2, -0.15) is 0 Å². The standard InChI is InChI=1S/C12H30O6Si4/c1-11(2,3)13-21(9)15-19(7)17-22(10,14-12(4,5)6)18-20(8)16-21/h1-10H3. The van der Waals surface area contributed by atoms with Gasteiger partial charge in [0, 0.05) is 13.1 Å². The first-order chi connectivity index (χ1) is 9.62. The van der Waals surface area contributed by atoms with Gasteiger partial charge in [0.25, 0.3) is 0 Å². The molecular formula is C12H30O6Si4. The summed E-state index contributed by atoms with van der Waals surface area (Å²) in [5.74, 6) is 0. The Morgan fingerprint density at radius 1 is 0.636 bits per heavy atom. The Hall–Kier alpha value is 0.628. The maximum Gasteiger partial charge on any atom is 0.480 e. The molecule has 10 heteroatoms. The van der Waals surface area contributed by atoms with Crippen molar-refractivity contribution in [1.82, 2.24) is 0 Å². The first-order valence-electron chi connectivity index (χ1n) is 7.45. The van der Waals surface area contributed by atoms with Crippen molar-refractivity contribution in [1.29, 1.82) is 0 Å². The lowest BCUT2D eigenvalue weighted by Crippen LogP contribution is -2.62. The SMILES string of the molecule is C[Si]1O[Si](C)(OC(C)(C)C)O[Si](C)O[Si](C)(OC(C)(C)C)O1. The van der Waals surface area contributed by atoms with E-state index in [2.05, 4.69) is 0 Å². The van der Waals surface area contributed by atoms with Crippen LogP contribution < -0.4 is 0 Å². The van der Waals surface area contributed by atoms with Gasteiger partial charge in [-0.15, -0.1) is 0 Å². The van der Waals surface area contributed by atoms with Gasteiger partial charge in [0.1, 0.15) is 0 Å². The molecule has 1 aliphatic heterocycles. The van der Waals surface area contributed by atoms with Gasteiger partial charge in [0.05, 0.1) is 11.2 Å². The first kappa shape index (κ1) is 20.7. The highest BCUT2D eigenvalue weighted by molar-refractivity contribution is 6.81. The molecule has 1 saturated heterocycles. The second kappa shape index (κ2) is 6.86. The summed E-state index contributed by atoms with van der Waals surface area (Å²) in [6, 6.07) is 0. The zero-order valence-corrected chi connectivity index (χ0v) is 19.4. The van der Waals surface area contributed by atoms with E-state index < -0.39 is 36.2 Å². The average Bonchev–Trinajstić information content (AvgIpc) is 2.03. The molecule has 0 aromatic heterocycles. The zero-order chi connectivity index (χ0) is 17.4. The van der Waals surface area contributed by atoms with E-state index in [1.54, 1.807) is 0 Å². The minimum Gasteiger partial charge on any atom is -0.393 e. The lowest BCUT2D eigenvalue weighted by atomic mass is 10.2. The molecule has 1 fully saturated rings. The minimum absolute atomic E-state index is 0.340. The fourth-order valence-electron chi connectivity index (χ4n) is 2.32. The minimum atomic E-state index is -2.79. The third-order valence-electron chi connectivity index (χ3n) is 2.30. The van der Waals surface area contributed by atoms with Gasteiger partial charge in [0.15, 0.2) is 0 Å². The normalized spacial score (nSPS) is 33.5. The first-order valence-corrected chi connectivity index (χ1v) is 15.5. The van der Waals surface area contributed by atoms with Gasteiger partial charge in [0.2, 0.25) is 0 Å². The summed E-state index contributed by atoms with van der Waals surface area (Å²) in [6.45, 7) is 19.6. The molecule has 0 aromatic carbocycles. The van der Waals surface area contributed by atoms with Crippen molar-refractivity contribution in [2.75, 3.05) is 0 Å². The molecule has 0 bridgehead atoms. The van der Waals surface area contributed by atoms with Crippen LogP contribution in [0.15, 0.2) is 0 Å². The molecular weight excluding hydrogens is 352 g/mol. The molecule has 0 aromatic rings. The van der Waals surface area contributed by atoms with E-state index >= 15 is 0 Å². The predicted octanol–water partition coefficient (Wildman–Crippen LogP) is 3.07. The van der Waals surface area contributed by atoms with Gasteiger partial charge in [-0.3, -0.25) is 0 Å². The van der Waals surface area contributed by atoms with Gasteiger partial charge >= 0.3 is 36.2 Å². The maximum absolute atomic E-state index is 6.11. The third kappa shape index (κ3) is 7.46. The highest BCUT2D eigenvalue weighted by Crippen LogP contribution is 2.28. The Balaban J connectivity index is 2.90. The van der Waals surface area contributed by atoms with Crippen molar-refractivity contribution in [3.8, 4) is 0 Å². The van der Waals surface area contributed by atoms with E-state index in [4.69, 9.17) is 25.3 Å². The Morgan fingerprint density at radius 3 is 1.05 bits per heavy atom. The molecule has 0 atom stereocenters. The molecule has 1 aliphatic rings. The summed E-state index contributed by atoms with van der Waals surface area (Å²) in [4.78, 5) is 0. The van der Waals surface area contributed by atoms with Crippen LogP contribution in [-0.2, 0) is 25.3 Å². The molecule has 6 nitrogen and oxygen atoms in total. The predicted molar refractivity (Wildman–Crippen MR) is 92.5 cm³/mol. The Bertz CT molecular complexity index is 333. The van der Waals surface area contributed by atoms with Crippen LogP contribution in [-0.4, -0.2) is 47.4 Å². The molecule has 0 unspecified atom stereocenters. The molecule has 1 heterocycles. The van der Waals surface area contributed by atoms with Crippen molar-refractivity contribution in [3.63, 3.8) is 0 Å². The average molecular weight is 383 g/mol. The maximum atomic E-state index is 6.11. The zero-order valence-electron chi connectivity index (χ0n) is 15.4. The second-order valence-electron chi connectivity index (χ2n) is 7.55. The van der Waals surface area contributed by atoms with E-state index in [-0.39, 0.29) is 11.2 Å². The Labute approximate surface area is 140 Å². The fourth-order valence-corrected chi connectivity index (χ4v) is 15.7. The van der Waals surface area contributed by atoms with E-state index in [0.717, 1.165) is 0 Å². The molecule has 2 radical (unpaired) electrons. The number of hydrogen-bond donors (Lipinski definition) is 0. The van der Waals surface area contributed by atoms with Crippen molar-refractivity contribution in [3.05, 3.63) is 0 Å². The van der Waals surface area contributed by atoms with Crippen molar-refractivity contribution < 1.29 is 25.3 Å². The topological polar surface area (TPSA) is 55.4 Å². The summed E-state index contributed by atoms with van der Waals surface area (Å²) in [6.07, 6.45) is 0. The summed E-state index contributed by atoms with van der Waals surface area (Å²) in [5, 5.41) is 0. The molecule has 1 rings (SSSR count). The highest BCUT2D eigenvalue weighted by atomic mass is 28.5. The lowest BCUT2D eigenvalue weighted by molar-refractivity contribution is 0.0216. The van der Waals surface area contributed by atoms with Crippen LogP contribution in [0.25, 0.3) is 0 Å². The molecule has 130 valence electrons. The van der Waals surface area contributed by atoms with Crippen LogP contribution in [0.5, 0.6) is 0 Å². The monoisotopic (exact) mass is 382 g/mol. The molecule has 22 heavy (non-hydrogen) atoms. The number of rotatable bonds is 2. The van der Waals surface area contributed by atoms with Crippen LogP contribution in [0, 0.1) is 0 Å². The highest BCUT2D eigenvalue weighted by Gasteiger charge is 2.52. The molecule has 0 N–H and O–H groups in total. The van der Waals surface area contributed by atoms with Gasteiger partial charge in [-0.1, -0.05) is 0 Å². The second-order valence-corrected chi connectivity index (χ2v) is 16.6. The smallest absolute Gasteiger partial charge is 0.393 e. The van der Waals surface area contributed by atoms with E-state index in [1.807, 2.05) is 67.7 Å². The summed E-state index contributed by atoms with van der Waals surface area (Å²) in [7, 11) is -8.77. The van der Waals surface area contributed by atoms with Crippen molar-refractivity contribution in [2.24, 2.45) is 0 Å². The van der Waals surface area contributed by atoms with Crippen LogP contribution >= 0.6 is 0 Å². The van der Waals surface area contributed by atoms with Crippen molar-refractivity contribution in [2.45, 2.75) is 78.9 Å². The largest absolute Gasteiger partial charge is 0.480 e. The van der Waals surface area contributed by atoms with Crippen LogP contribution in [0.1, 0.15) is 41.5 Å². The van der Waals surface area contributed by atoms with E-state index in [9.17, 15) is 0 Å². The van der Waals surface area contributed by atoms with Crippen LogP contribution in [0.3, 0.4) is 0 Å². The molecule has 0 spiro atoms. The fraction of sp³-hybridized carbons (Fsp3) is 1.00. The van der Waals surface area contributed by atoms with Gasteiger partial charge in [-0.05, 0) is 54.6 Å².